The van der Waals surface area contributed by atoms with Crippen LogP contribution in [0.4, 0.5) is 13.2 Å². The highest BCUT2D eigenvalue weighted by Gasteiger charge is 2.40. The molecule has 0 spiro atoms. The largest absolute Gasteiger partial charge is 0.460 e. The van der Waals surface area contributed by atoms with Gasteiger partial charge in [0.2, 0.25) is 0 Å². The lowest BCUT2D eigenvalue weighted by atomic mass is 10.3. The summed E-state index contributed by atoms with van der Waals surface area (Å²) in [5.74, 6) is 0. The highest BCUT2D eigenvalue weighted by Crippen LogP contribution is 2.23. The minimum absolute atomic E-state index is 0.0658. The van der Waals surface area contributed by atoms with E-state index < -0.39 is 6.30 Å². The van der Waals surface area contributed by atoms with Gasteiger partial charge >= 0.3 is 6.30 Å². The van der Waals surface area contributed by atoms with Gasteiger partial charge in [0.15, 0.2) is 0 Å². The Kier molecular flexibility index (Phi) is 3.52. The molecule has 1 N–H and O–H groups in total. The van der Waals surface area contributed by atoms with Gasteiger partial charge in [0.1, 0.15) is 0 Å². The zero-order chi connectivity index (χ0) is 9.90. The Bertz CT molecular complexity index is 160. The van der Waals surface area contributed by atoms with Crippen LogP contribution in [0.2, 0.25) is 0 Å². The summed E-state index contributed by atoms with van der Waals surface area (Å²) in [5, 5.41) is 2.79. The molecule has 1 atom stereocenters. The van der Waals surface area contributed by atoms with Crippen molar-refractivity contribution >= 4 is 0 Å². The molecule has 0 amide bonds. The molecule has 13 heavy (non-hydrogen) atoms. The zero-order valence-electron chi connectivity index (χ0n) is 7.40. The van der Waals surface area contributed by atoms with Crippen LogP contribution in [-0.4, -0.2) is 50.6 Å². The van der Waals surface area contributed by atoms with Crippen LogP contribution in [0.3, 0.4) is 0 Å². The zero-order valence-corrected chi connectivity index (χ0v) is 7.40. The van der Waals surface area contributed by atoms with Gasteiger partial charge in [-0.15, -0.1) is 0 Å². The molecular formula is C7H13F3N2O. The van der Waals surface area contributed by atoms with E-state index in [9.17, 15) is 13.2 Å². The van der Waals surface area contributed by atoms with Crippen LogP contribution in [0.5, 0.6) is 0 Å². The molecule has 0 aromatic heterocycles. The standard InChI is InChI=1S/C7H13F3N2O/c1-11-4-6-5-12(2-3-13-6)7(8,9)10/h6,11H,2-5H2,1H3. The van der Waals surface area contributed by atoms with Crippen molar-refractivity contribution in [3.05, 3.63) is 0 Å². The molecule has 0 aliphatic carbocycles. The van der Waals surface area contributed by atoms with E-state index in [2.05, 4.69) is 5.32 Å². The van der Waals surface area contributed by atoms with Gasteiger partial charge < -0.3 is 10.1 Å². The van der Waals surface area contributed by atoms with Crippen LogP contribution >= 0.6 is 0 Å². The molecule has 1 saturated heterocycles. The summed E-state index contributed by atoms with van der Waals surface area (Å²) in [4.78, 5) is 0.485. The molecule has 3 nitrogen and oxygen atoms in total. The lowest BCUT2D eigenvalue weighted by Crippen LogP contribution is -2.51. The van der Waals surface area contributed by atoms with Crippen LogP contribution in [0.1, 0.15) is 0 Å². The summed E-state index contributed by atoms with van der Waals surface area (Å²) < 4.78 is 41.8. The third-order valence-corrected chi connectivity index (χ3v) is 1.93. The molecule has 78 valence electrons. The topological polar surface area (TPSA) is 24.5 Å². The Morgan fingerprint density at radius 3 is 2.77 bits per heavy atom. The van der Waals surface area contributed by atoms with Crippen molar-refractivity contribution in [1.29, 1.82) is 0 Å². The highest BCUT2D eigenvalue weighted by atomic mass is 19.4. The Balaban J connectivity index is 2.42. The molecule has 6 heteroatoms. The first kappa shape index (κ1) is 10.7. The summed E-state index contributed by atoms with van der Waals surface area (Å²) in [6.45, 7) is 0.451. The molecule has 0 radical (unpaired) electrons. The van der Waals surface area contributed by atoms with Crippen LogP contribution in [0.25, 0.3) is 0 Å². The highest BCUT2D eigenvalue weighted by molar-refractivity contribution is 4.74. The van der Waals surface area contributed by atoms with E-state index in [1.54, 1.807) is 7.05 Å². The summed E-state index contributed by atoms with van der Waals surface area (Å²) in [7, 11) is 1.69. The monoisotopic (exact) mass is 198 g/mol. The van der Waals surface area contributed by atoms with Gasteiger partial charge in [-0.25, -0.2) is 4.90 Å². The second kappa shape index (κ2) is 4.26. The van der Waals surface area contributed by atoms with E-state index in [0.29, 0.717) is 11.4 Å². The Hall–Kier alpha value is -0.330. The minimum atomic E-state index is -4.23. The average Bonchev–Trinajstić information content (AvgIpc) is 2.04. The predicted molar refractivity (Wildman–Crippen MR) is 41.3 cm³/mol. The van der Waals surface area contributed by atoms with Gasteiger partial charge in [0.05, 0.1) is 12.7 Å². The molecule has 0 aromatic carbocycles. The van der Waals surface area contributed by atoms with Crippen molar-refractivity contribution < 1.29 is 17.9 Å². The SMILES string of the molecule is CNCC1CN(C(F)(F)F)CCO1. The van der Waals surface area contributed by atoms with Crippen molar-refractivity contribution in [2.24, 2.45) is 0 Å². The molecule has 1 aliphatic heterocycles. The first-order valence-electron chi connectivity index (χ1n) is 4.12. The molecule has 1 heterocycles. The smallest absolute Gasteiger partial charge is 0.374 e. The number of hydrogen-bond donors (Lipinski definition) is 1. The summed E-state index contributed by atoms with van der Waals surface area (Å²) in [6, 6.07) is 0. The number of rotatable bonds is 2. The molecular weight excluding hydrogens is 185 g/mol. The number of alkyl halides is 3. The van der Waals surface area contributed by atoms with Gasteiger partial charge in [-0.05, 0) is 7.05 Å². The first-order chi connectivity index (χ1) is 6.04. The number of nitrogens with zero attached hydrogens (tertiary/aromatic N) is 1. The van der Waals surface area contributed by atoms with Crippen LogP contribution in [-0.2, 0) is 4.74 Å². The number of hydrogen-bond acceptors (Lipinski definition) is 3. The van der Waals surface area contributed by atoms with Crippen molar-refractivity contribution in [2.75, 3.05) is 33.3 Å². The van der Waals surface area contributed by atoms with Gasteiger partial charge in [0.25, 0.3) is 0 Å². The van der Waals surface area contributed by atoms with Crippen molar-refractivity contribution in [1.82, 2.24) is 10.2 Å². The maximum atomic E-state index is 12.2. The maximum Gasteiger partial charge on any atom is 0.460 e. The minimum Gasteiger partial charge on any atom is -0.374 e. The van der Waals surface area contributed by atoms with E-state index in [0.717, 1.165) is 0 Å². The van der Waals surface area contributed by atoms with Crippen molar-refractivity contribution in [2.45, 2.75) is 12.4 Å². The third kappa shape index (κ3) is 3.13. The lowest BCUT2D eigenvalue weighted by molar-refractivity contribution is -0.266. The molecule has 0 aromatic rings. The third-order valence-electron chi connectivity index (χ3n) is 1.93. The quantitative estimate of drug-likeness (QED) is 0.651. The van der Waals surface area contributed by atoms with Gasteiger partial charge in [-0.1, -0.05) is 0 Å². The van der Waals surface area contributed by atoms with Crippen LogP contribution in [0.15, 0.2) is 0 Å². The van der Waals surface area contributed by atoms with Crippen LogP contribution in [0, 0.1) is 0 Å². The average molecular weight is 198 g/mol. The maximum absolute atomic E-state index is 12.2. The second-order valence-corrected chi connectivity index (χ2v) is 2.96. The number of halogens is 3. The number of ether oxygens (including phenoxy) is 1. The fourth-order valence-electron chi connectivity index (χ4n) is 1.30. The molecule has 1 fully saturated rings. The Labute approximate surface area is 74.8 Å². The van der Waals surface area contributed by atoms with Crippen LogP contribution < -0.4 is 5.32 Å². The summed E-state index contributed by atoms with van der Waals surface area (Å²) in [6.07, 6.45) is -4.59. The van der Waals surface area contributed by atoms with Crippen molar-refractivity contribution in [3.8, 4) is 0 Å². The summed E-state index contributed by atoms with van der Waals surface area (Å²) in [5.41, 5.74) is 0. The van der Waals surface area contributed by atoms with Gasteiger partial charge in [0, 0.05) is 19.6 Å². The van der Waals surface area contributed by atoms with Crippen molar-refractivity contribution in [3.63, 3.8) is 0 Å². The van der Waals surface area contributed by atoms with E-state index in [1.807, 2.05) is 0 Å². The van der Waals surface area contributed by atoms with E-state index >= 15 is 0 Å². The van der Waals surface area contributed by atoms with Gasteiger partial charge in [-0.3, -0.25) is 0 Å². The molecule has 0 saturated carbocycles. The normalized spacial score (nSPS) is 26.3. The number of likely N-dealkylation sites (N-methyl/N-ethyl adjacent to an activating group) is 1. The van der Waals surface area contributed by atoms with E-state index in [4.69, 9.17) is 4.74 Å². The first-order valence-corrected chi connectivity index (χ1v) is 4.12. The molecule has 0 bridgehead atoms. The fraction of sp³-hybridized carbons (Fsp3) is 1.00. The summed E-state index contributed by atoms with van der Waals surface area (Å²) >= 11 is 0. The van der Waals surface area contributed by atoms with E-state index in [1.165, 1.54) is 0 Å². The lowest BCUT2D eigenvalue weighted by Gasteiger charge is -2.33. The van der Waals surface area contributed by atoms with E-state index in [-0.39, 0.29) is 25.8 Å². The number of morpholine rings is 1. The second-order valence-electron chi connectivity index (χ2n) is 2.96. The Morgan fingerprint density at radius 2 is 2.23 bits per heavy atom. The number of nitrogens with one attached hydrogen (secondary N) is 1. The predicted octanol–water partition coefficient (Wildman–Crippen LogP) is 0.426. The van der Waals surface area contributed by atoms with Gasteiger partial charge in [-0.2, -0.15) is 13.2 Å². The fourth-order valence-corrected chi connectivity index (χ4v) is 1.30. The molecule has 1 aliphatic rings. The Morgan fingerprint density at radius 1 is 1.54 bits per heavy atom. The molecule has 1 unspecified atom stereocenters. The molecule has 1 rings (SSSR count).